The topological polar surface area (TPSA) is 28.2 Å². The van der Waals surface area contributed by atoms with E-state index in [9.17, 15) is 0 Å². The van der Waals surface area contributed by atoms with Gasteiger partial charge in [-0.2, -0.15) is 0 Å². The zero-order valence-corrected chi connectivity index (χ0v) is 10.9. The van der Waals surface area contributed by atoms with Crippen LogP contribution in [-0.2, 0) is 0 Å². The van der Waals surface area contributed by atoms with Crippen molar-refractivity contribution in [2.75, 3.05) is 26.7 Å². The summed E-state index contributed by atoms with van der Waals surface area (Å²) >= 11 is 0. The third-order valence-corrected chi connectivity index (χ3v) is 3.78. The Balaban J connectivity index is 1.88. The molecule has 0 amide bonds. The number of hydrogen-bond acceptors (Lipinski definition) is 3. The molecule has 3 heteroatoms. The standard InChI is InChI=1S/C14H23N3/c1-12(14-5-3-4-8-16-14)17(2)11-13-6-9-15-10-7-13/h3-5,8,12-13,15H,6-7,9-11H2,1-2H3/t12-/m0/s1. The third kappa shape index (κ3) is 3.51. The summed E-state index contributed by atoms with van der Waals surface area (Å²) in [6, 6.07) is 6.56. The number of nitrogens with one attached hydrogen (secondary N) is 1. The number of nitrogens with zero attached hydrogens (tertiary/aromatic N) is 2. The van der Waals surface area contributed by atoms with E-state index >= 15 is 0 Å². The van der Waals surface area contributed by atoms with Gasteiger partial charge in [0.15, 0.2) is 0 Å². The molecule has 0 radical (unpaired) electrons. The van der Waals surface area contributed by atoms with Crippen LogP contribution >= 0.6 is 0 Å². The van der Waals surface area contributed by atoms with Gasteiger partial charge in [-0.3, -0.25) is 9.88 Å². The van der Waals surface area contributed by atoms with E-state index in [4.69, 9.17) is 0 Å². The fourth-order valence-corrected chi connectivity index (χ4v) is 2.48. The van der Waals surface area contributed by atoms with Crippen molar-refractivity contribution in [2.24, 2.45) is 5.92 Å². The van der Waals surface area contributed by atoms with Crippen molar-refractivity contribution < 1.29 is 0 Å². The summed E-state index contributed by atoms with van der Waals surface area (Å²) in [4.78, 5) is 6.87. The first-order valence-corrected chi connectivity index (χ1v) is 6.59. The SMILES string of the molecule is C[C@@H](c1ccccn1)N(C)CC1CCNCC1. The lowest BCUT2D eigenvalue weighted by Gasteiger charge is -2.31. The fraction of sp³-hybridized carbons (Fsp3) is 0.643. The molecule has 0 aromatic carbocycles. The Hall–Kier alpha value is -0.930. The van der Waals surface area contributed by atoms with Gasteiger partial charge in [-0.25, -0.2) is 0 Å². The van der Waals surface area contributed by atoms with Crippen molar-refractivity contribution in [1.29, 1.82) is 0 Å². The Bertz CT molecular complexity index is 319. The Morgan fingerprint density at radius 1 is 1.41 bits per heavy atom. The fourth-order valence-electron chi connectivity index (χ4n) is 2.48. The van der Waals surface area contributed by atoms with Gasteiger partial charge in [-0.15, -0.1) is 0 Å². The molecule has 1 aliphatic heterocycles. The number of hydrogen-bond donors (Lipinski definition) is 1. The molecule has 3 nitrogen and oxygen atoms in total. The Morgan fingerprint density at radius 3 is 2.82 bits per heavy atom. The molecule has 0 saturated carbocycles. The van der Waals surface area contributed by atoms with Crippen LogP contribution in [0.5, 0.6) is 0 Å². The van der Waals surface area contributed by atoms with Gasteiger partial charge in [-0.05, 0) is 58.0 Å². The van der Waals surface area contributed by atoms with Gasteiger partial charge in [0.2, 0.25) is 0 Å². The molecule has 1 atom stereocenters. The van der Waals surface area contributed by atoms with Gasteiger partial charge in [0, 0.05) is 18.8 Å². The molecule has 0 bridgehead atoms. The molecule has 94 valence electrons. The third-order valence-electron chi connectivity index (χ3n) is 3.78. The molecule has 1 fully saturated rings. The first-order chi connectivity index (χ1) is 8.27. The van der Waals surface area contributed by atoms with Gasteiger partial charge in [0.25, 0.3) is 0 Å². The summed E-state index contributed by atoms with van der Waals surface area (Å²) < 4.78 is 0. The van der Waals surface area contributed by atoms with E-state index in [1.54, 1.807) is 0 Å². The van der Waals surface area contributed by atoms with Crippen molar-refractivity contribution in [2.45, 2.75) is 25.8 Å². The lowest BCUT2D eigenvalue weighted by Crippen LogP contribution is -2.35. The Kier molecular flexibility index (Phi) is 4.51. The van der Waals surface area contributed by atoms with Crippen LogP contribution in [0.1, 0.15) is 31.5 Å². The van der Waals surface area contributed by atoms with Crippen LogP contribution in [0, 0.1) is 5.92 Å². The molecule has 1 aromatic rings. The molecule has 2 heterocycles. The maximum atomic E-state index is 4.44. The van der Waals surface area contributed by atoms with Crippen LogP contribution < -0.4 is 5.32 Å². The first kappa shape index (κ1) is 12.5. The second-order valence-corrected chi connectivity index (χ2v) is 5.06. The first-order valence-electron chi connectivity index (χ1n) is 6.59. The number of rotatable bonds is 4. The van der Waals surface area contributed by atoms with Gasteiger partial charge in [0.1, 0.15) is 0 Å². The zero-order chi connectivity index (χ0) is 12.1. The highest BCUT2D eigenvalue weighted by Crippen LogP contribution is 2.20. The van der Waals surface area contributed by atoms with E-state index in [0.29, 0.717) is 6.04 Å². The highest BCUT2D eigenvalue weighted by Gasteiger charge is 2.19. The molecule has 1 aliphatic rings. The molecule has 17 heavy (non-hydrogen) atoms. The number of piperidine rings is 1. The van der Waals surface area contributed by atoms with Gasteiger partial charge < -0.3 is 5.32 Å². The van der Waals surface area contributed by atoms with Crippen molar-refractivity contribution in [3.63, 3.8) is 0 Å². The van der Waals surface area contributed by atoms with E-state index in [1.807, 2.05) is 12.3 Å². The maximum absolute atomic E-state index is 4.44. The summed E-state index contributed by atoms with van der Waals surface area (Å²) in [5.74, 6) is 0.840. The van der Waals surface area contributed by atoms with E-state index in [-0.39, 0.29) is 0 Å². The summed E-state index contributed by atoms with van der Waals surface area (Å²) in [6.07, 6.45) is 4.49. The van der Waals surface area contributed by atoms with Crippen molar-refractivity contribution in [1.82, 2.24) is 15.2 Å². The highest BCUT2D eigenvalue weighted by atomic mass is 15.1. The van der Waals surface area contributed by atoms with E-state index < -0.39 is 0 Å². The van der Waals surface area contributed by atoms with Crippen LogP contribution in [0.2, 0.25) is 0 Å². The minimum absolute atomic E-state index is 0.408. The van der Waals surface area contributed by atoms with Crippen LogP contribution in [-0.4, -0.2) is 36.6 Å². The van der Waals surface area contributed by atoms with Crippen LogP contribution in [0.3, 0.4) is 0 Å². The predicted octanol–water partition coefficient (Wildman–Crippen LogP) is 2.07. The summed E-state index contributed by atoms with van der Waals surface area (Å²) in [6.45, 7) is 5.77. The molecule has 2 rings (SSSR count). The second-order valence-electron chi connectivity index (χ2n) is 5.06. The number of aromatic nitrogens is 1. The van der Waals surface area contributed by atoms with Crippen molar-refractivity contribution >= 4 is 0 Å². The minimum Gasteiger partial charge on any atom is -0.317 e. The van der Waals surface area contributed by atoms with Crippen LogP contribution in [0.4, 0.5) is 0 Å². The van der Waals surface area contributed by atoms with Crippen molar-refractivity contribution in [3.8, 4) is 0 Å². The highest BCUT2D eigenvalue weighted by molar-refractivity contribution is 5.07. The Morgan fingerprint density at radius 2 is 2.18 bits per heavy atom. The molecule has 1 aromatic heterocycles. The van der Waals surface area contributed by atoms with E-state index in [2.05, 4.69) is 41.3 Å². The van der Waals surface area contributed by atoms with Crippen LogP contribution in [0.25, 0.3) is 0 Å². The normalized spacial score (nSPS) is 19.5. The van der Waals surface area contributed by atoms with Gasteiger partial charge in [-0.1, -0.05) is 6.07 Å². The number of pyridine rings is 1. The van der Waals surface area contributed by atoms with Gasteiger partial charge in [0.05, 0.1) is 5.69 Å². The molecule has 0 spiro atoms. The zero-order valence-electron chi connectivity index (χ0n) is 10.9. The Labute approximate surface area is 104 Å². The van der Waals surface area contributed by atoms with Crippen molar-refractivity contribution in [3.05, 3.63) is 30.1 Å². The molecule has 1 N–H and O–H groups in total. The monoisotopic (exact) mass is 233 g/mol. The molecule has 0 unspecified atom stereocenters. The molecule has 1 saturated heterocycles. The second kappa shape index (κ2) is 6.12. The van der Waals surface area contributed by atoms with Gasteiger partial charge >= 0.3 is 0 Å². The molecular formula is C14H23N3. The summed E-state index contributed by atoms with van der Waals surface area (Å²) in [5.41, 5.74) is 1.17. The van der Waals surface area contributed by atoms with Crippen LogP contribution in [0.15, 0.2) is 24.4 Å². The van der Waals surface area contributed by atoms with E-state index in [0.717, 1.165) is 5.92 Å². The lowest BCUT2D eigenvalue weighted by atomic mass is 9.97. The minimum atomic E-state index is 0.408. The summed E-state index contributed by atoms with van der Waals surface area (Å²) in [5, 5.41) is 3.42. The molecule has 0 aliphatic carbocycles. The lowest BCUT2D eigenvalue weighted by molar-refractivity contribution is 0.194. The van der Waals surface area contributed by atoms with E-state index in [1.165, 1.54) is 38.2 Å². The average Bonchev–Trinajstić information content (AvgIpc) is 2.40. The summed E-state index contributed by atoms with van der Waals surface area (Å²) in [7, 11) is 2.21. The maximum Gasteiger partial charge on any atom is 0.0572 e. The predicted molar refractivity (Wildman–Crippen MR) is 70.9 cm³/mol. The quantitative estimate of drug-likeness (QED) is 0.863. The molecular weight excluding hydrogens is 210 g/mol. The smallest absolute Gasteiger partial charge is 0.0572 e. The largest absolute Gasteiger partial charge is 0.317 e. The average molecular weight is 233 g/mol.